The van der Waals surface area contributed by atoms with Gasteiger partial charge in [0.1, 0.15) is 0 Å². The minimum Gasteiger partial charge on any atom is -0.402 e. The van der Waals surface area contributed by atoms with Crippen LogP contribution in [0.15, 0.2) is 12.3 Å². The number of nitrogens with two attached hydrogens (primary N) is 1. The minimum absolute atomic E-state index is 0.0417. The highest BCUT2D eigenvalue weighted by Crippen LogP contribution is 1.97. The van der Waals surface area contributed by atoms with Crippen LogP contribution in [0.5, 0.6) is 0 Å². The van der Waals surface area contributed by atoms with Crippen LogP contribution in [-0.4, -0.2) is 11.7 Å². The summed E-state index contributed by atoms with van der Waals surface area (Å²) < 4.78 is 0. The van der Waals surface area contributed by atoms with Crippen molar-refractivity contribution in [2.75, 3.05) is 6.61 Å². The molecule has 0 heterocycles. The summed E-state index contributed by atoms with van der Waals surface area (Å²) in [6.45, 7) is 5.36. The fraction of sp³-hybridized carbons (Fsp3) is 0.600. The Balaban J connectivity index is 3.34. The van der Waals surface area contributed by atoms with Gasteiger partial charge in [-0.2, -0.15) is 0 Å². The van der Waals surface area contributed by atoms with Crippen molar-refractivity contribution in [1.82, 2.24) is 0 Å². The summed E-state index contributed by atoms with van der Waals surface area (Å²) in [5.74, 6) is 0.0417. The van der Waals surface area contributed by atoms with Gasteiger partial charge in [-0.25, -0.2) is 0 Å². The monoisotopic (exact) mass is 101 g/mol. The summed E-state index contributed by atoms with van der Waals surface area (Å²) in [6, 6.07) is 0. The maximum Gasteiger partial charge on any atom is 0.0510 e. The summed E-state index contributed by atoms with van der Waals surface area (Å²) >= 11 is 0. The van der Waals surface area contributed by atoms with Gasteiger partial charge in [-0.1, -0.05) is 13.5 Å². The van der Waals surface area contributed by atoms with Crippen LogP contribution in [0.1, 0.15) is 6.92 Å². The van der Waals surface area contributed by atoms with Crippen LogP contribution in [0, 0.1) is 5.92 Å². The van der Waals surface area contributed by atoms with Gasteiger partial charge in [-0.3, -0.25) is 0 Å². The van der Waals surface area contributed by atoms with E-state index in [0.29, 0.717) is 5.70 Å². The molecular weight excluding hydrogens is 90.1 g/mol. The molecule has 0 aromatic carbocycles. The first kappa shape index (κ1) is 6.50. The Morgan fingerprint density at radius 2 is 2.43 bits per heavy atom. The van der Waals surface area contributed by atoms with Crippen LogP contribution in [0.2, 0.25) is 0 Å². The molecule has 0 bridgehead atoms. The van der Waals surface area contributed by atoms with Gasteiger partial charge in [0, 0.05) is 11.6 Å². The fourth-order valence-electron chi connectivity index (χ4n) is 0.117. The molecule has 0 fully saturated rings. The first-order chi connectivity index (χ1) is 3.18. The number of hydrogen-bond donors (Lipinski definition) is 2. The molecule has 42 valence electrons. The third kappa shape index (κ3) is 2.23. The van der Waals surface area contributed by atoms with Crippen molar-refractivity contribution in [3.8, 4) is 0 Å². The number of hydrogen-bond acceptors (Lipinski definition) is 2. The maximum absolute atomic E-state index is 8.36. The van der Waals surface area contributed by atoms with Crippen LogP contribution in [-0.2, 0) is 0 Å². The number of aliphatic hydroxyl groups is 1. The van der Waals surface area contributed by atoms with Gasteiger partial charge >= 0.3 is 0 Å². The van der Waals surface area contributed by atoms with Gasteiger partial charge in [0.05, 0.1) is 6.61 Å². The first-order valence-electron chi connectivity index (χ1n) is 2.23. The van der Waals surface area contributed by atoms with E-state index >= 15 is 0 Å². The smallest absolute Gasteiger partial charge is 0.0510 e. The van der Waals surface area contributed by atoms with Crippen molar-refractivity contribution < 1.29 is 5.11 Å². The number of rotatable bonds is 2. The molecule has 2 heteroatoms. The second-order valence-electron chi connectivity index (χ2n) is 1.66. The predicted octanol–water partition coefficient (Wildman–Crippen LogP) is 0.0872. The summed E-state index contributed by atoms with van der Waals surface area (Å²) in [5.41, 5.74) is 5.74. The third-order valence-corrected chi connectivity index (χ3v) is 0.907. The Bertz CT molecular complexity index is 70.5. The normalized spacial score (nSPS) is 13.4. The second kappa shape index (κ2) is 2.64. The van der Waals surface area contributed by atoms with Gasteiger partial charge < -0.3 is 10.8 Å². The molecule has 0 spiro atoms. The Morgan fingerprint density at radius 3 is 2.43 bits per heavy atom. The lowest BCUT2D eigenvalue weighted by atomic mass is 10.1. The quantitative estimate of drug-likeness (QED) is 0.517. The van der Waals surface area contributed by atoms with Crippen molar-refractivity contribution >= 4 is 0 Å². The molecule has 7 heavy (non-hydrogen) atoms. The molecule has 0 amide bonds. The lowest BCUT2D eigenvalue weighted by Gasteiger charge is -2.03. The highest BCUT2D eigenvalue weighted by Gasteiger charge is 1.97. The molecule has 0 aliphatic rings. The Hall–Kier alpha value is -0.500. The van der Waals surface area contributed by atoms with E-state index in [1.807, 2.05) is 6.92 Å². The summed E-state index contributed by atoms with van der Waals surface area (Å²) in [6.07, 6.45) is 0. The SMILES string of the molecule is C=C(N)[C@H](C)CO. The van der Waals surface area contributed by atoms with Crippen molar-refractivity contribution in [1.29, 1.82) is 0 Å². The summed E-state index contributed by atoms with van der Waals surface area (Å²) in [4.78, 5) is 0. The first-order valence-corrected chi connectivity index (χ1v) is 2.23. The van der Waals surface area contributed by atoms with E-state index in [2.05, 4.69) is 6.58 Å². The third-order valence-electron chi connectivity index (χ3n) is 0.907. The van der Waals surface area contributed by atoms with Crippen LogP contribution in [0.25, 0.3) is 0 Å². The van der Waals surface area contributed by atoms with Crippen molar-refractivity contribution in [2.45, 2.75) is 6.92 Å². The molecule has 0 saturated carbocycles. The van der Waals surface area contributed by atoms with Gasteiger partial charge in [0.15, 0.2) is 0 Å². The largest absolute Gasteiger partial charge is 0.402 e. The lowest BCUT2D eigenvalue weighted by Crippen LogP contribution is -2.10. The van der Waals surface area contributed by atoms with E-state index in [1.54, 1.807) is 0 Å². The second-order valence-corrected chi connectivity index (χ2v) is 1.66. The highest BCUT2D eigenvalue weighted by atomic mass is 16.3. The maximum atomic E-state index is 8.36. The molecule has 0 radical (unpaired) electrons. The zero-order valence-electron chi connectivity index (χ0n) is 4.52. The van der Waals surface area contributed by atoms with Gasteiger partial charge in [-0.15, -0.1) is 0 Å². The molecule has 0 aliphatic heterocycles. The zero-order valence-corrected chi connectivity index (χ0v) is 4.52. The van der Waals surface area contributed by atoms with Crippen LogP contribution in [0.3, 0.4) is 0 Å². The van der Waals surface area contributed by atoms with Crippen LogP contribution in [0.4, 0.5) is 0 Å². The van der Waals surface area contributed by atoms with E-state index in [0.717, 1.165) is 0 Å². The predicted molar refractivity (Wildman–Crippen MR) is 29.6 cm³/mol. The van der Waals surface area contributed by atoms with Crippen molar-refractivity contribution in [3.63, 3.8) is 0 Å². The van der Waals surface area contributed by atoms with E-state index in [9.17, 15) is 0 Å². The number of aliphatic hydroxyl groups excluding tert-OH is 1. The molecule has 2 nitrogen and oxygen atoms in total. The standard InChI is InChI=1S/C5H11NO/c1-4(3-7)5(2)6/h4,7H,2-3,6H2,1H3/t4-/m1/s1. The molecule has 0 aromatic rings. The van der Waals surface area contributed by atoms with E-state index in [4.69, 9.17) is 10.8 Å². The average Bonchev–Trinajstić information content (AvgIpc) is 1.65. The van der Waals surface area contributed by atoms with Crippen LogP contribution < -0.4 is 5.73 Å². The molecule has 0 unspecified atom stereocenters. The van der Waals surface area contributed by atoms with E-state index in [-0.39, 0.29) is 12.5 Å². The molecular formula is C5H11NO. The zero-order chi connectivity index (χ0) is 5.86. The topological polar surface area (TPSA) is 46.2 Å². The van der Waals surface area contributed by atoms with Gasteiger partial charge in [-0.05, 0) is 0 Å². The molecule has 0 saturated heterocycles. The molecule has 1 atom stereocenters. The molecule has 0 aliphatic carbocycles. The van der Waals surface area contributed by atoms with Crippen molar-refractivity contribution in [3.05, 3.63) is 12.3 Å². The lowest BCUT2D eigenvalue weighted by molar-refractivity contribution is 0.255. The van der Waals surface area contributed by atoms with Gasteiger partial charge in [0.2, 0.25) is 0 Å². The minimum atomic E-state index is 0.0417. The van der Waals surface area contributed by atoms with Crippen LogP contribution >= 0.6 is 0 Å². The van der Waals surface area contributed by atoms with Gasteiger partial charge in [0.25, 0.3) is 0 Å². The van der Waals surface area contributed by atoms with E-state index in [1.165, 1.54) is 0 Å². The Labute approximate surface area is 43.6 Å². The molecule has 0 aromatic heterocycles. The fourth-order valence-corrected chi connectivity index (χ4v) is 0.117. The Kier molecular flexibility index (Phi) is 2.45. The van der Waals surface area contributed by atoms with E-state index < -0.39 is 0 Å². The van der Waals surface area contributed by atoms with Crippen molar-refractivity contribution in [2.24, 2.45) is 11.7 Å². The summed E-state index contributed by atoms with van der Waals surface area (Å²) in [7, 11) is 0. The highest BCUT2D eigenvalue weighted by molar-refractivity contribution is 4.91. The average molecular weight is 101 g/mol. The Morgan fingerprint density at radius 1 is 2.00 bits per heavy atom. The summed E-state index contributed by atoms with van der Waals surface area (Å²) in [5, 5.41) is 8.36. The molecule has 0 rings (SSSR count). The molecule has 3 N–H and O–H groups in total.